The van der Waals surface area contributed by atoms with E-state index >= 15 is 0 Å². The molecule has 0 heterocycles. The molecular weight excluding hydrogens is 889 g/mol. The molecule has 2 aromatic carbocycles. The highest BCUT2D eigenvalue weighted by Gasteiger charge is 2.39. The standard InChI is InChI=1S/C62H110O9/c1-7-13-19-23-27-31-41-51-66-61(49-17-11-5,67-52-42-32-28-24-20-14-8-2)70-59(57-45-37-35-38-46-57)64-55-63-56-65-60(58-47-39-36-40-48-58)71-62(50-18-12-6,68-53-43-33-29-25-21-15-9-3)69-54-44-34-30-26-22-16-10-4/h35-40,45-48,59-60H,7-34,41-44,49-56H2,1-6H3. The number of hydrogen-bond acceptors (Lipinski definition) is 9. The third kappa shape index (κ3) is 33.6. The molecule has 9 nitrogen and oxygen atoms in total. The van der Waals surface area contributed by atoms with Crippen molar-refractivity contribution >= 4 is 0 Å². The zero-order chi connectivity index (χ0) is 51.0. The molecule has 9 heteroatoms. The van der Waals surface area contributed by atoms with Crippen molar-refractivity contribution in [3.63, 3.8) is 0 Å². The van der Waals surface area contributed by atoms with Crippen molar-refractivity contribution in [3.05, 3.63) is 71.8 Å². The largest absolute Gasteiger partial charge is 0.329 e. The average molecular weight is 1000 g/mol. The molecule has 0 saturated carbocycles. The first-order chi connectivity index (χ1) is 35.0. The summed E-state index contributed by atoms with van der Waals surface area (Å²) in [6.45, 7) is 15.5. The van der Waals surface area contributed by atoms with Crippen LogP contribution in [0.1, 0.15) is 284 Å². The van der Waals surface area contributed by atoms with Crippen LogP contribution in [0.15, 0.2) is 60.7 Å². The second-order valence-corrected chi connectivity index (χ2v) is 19.9. The molecule has 0 saturated heterocycles. The summed E-state index contributed by atoms with van der Waals surface area (Å²) in [5, 5.41) is 0. The fourth-order valence-corrected chi connectivity index (χ4v) is 8.76. The van der Waals surface area contributed by atoms with Gasteiger partial charge in [-0.3, -0.25) is 9.47 Å². The zero-order valence-electron chi connectivity index (χ0n) is 46.9. The molecular formula is C62H110O9. The molecule has 2 rings (SSSR count). The predicted molar refractivity (Wildman–Crippen MR) is 294 cm³/mol. The highest BCUT2D eigenvalue weighted by molar-refractivity contribution is 5.17. The number of unbranched alkanes of at least 4 members (excludes halogenated alkanes) is 26. The molecule has 0 aliphatic carbocycles. The lowest BCUT2D eigenvalue weighted by Crippen LogP contribution is -2.42. The first-order valence-electron chi connectivity index (χ1n) is 29.8. The van der Waals surface area contributed by atoms with E-state index in [0.29, 0.717) is 39.3 Å². The summed E-state index contributed by atoms with van der Waals surface area (Å²) in [7, 11) is 0. The topological polar surface area (TPSA) is 83.1 Å². The van der Waals surface area contributed by atoms with E-state index in [0.717, 1.165) is 88.2 Å². The van der Waals surface area contributed by atoms with Crippen molar-refractivity contribution in [2.75, 3.05) is 40.0 Å². The minimum absolute atomic E-state index is 0.0923. The molecule has 0 bridgehead atoms. The van der Waals surface area contributed by atoms with Gasteiger partial charge in [0.05, 0.1) is 26.4 Å². The van der Waals surface area contributed by atoms with Gasteiger partial charge >= 0.3 is 0 Å². The quantitative estimate of drug-likeness (QED) is 0.0475. The monoisotopic (exact) mass is 999 g/mol. The Hall–Kier alpha value is -1.92. The zero-order valence-corrected chi connectivity index (χ0v) is 46.9. The molecule has 0 aliphatic heterocycles. The van der Waals surface area contributed by atoms with Gasteiger partial charge < -0.3 is 33.2 Å². The van der Waals surface area contributed by atoms with Gasteiger partial charge in [0.15, 0.2) is 26.2 Å². The van der Waals surface area contributed by atoms with Gasteiger partial charge in [-0.05, 0) is 38.5 Å². The molecule has 71 heavy (non-hydrogen) atoms. The van der Waals surface area contributed by atoms with Crippen LogP contribution in [0.3, 0.4) is 0 Å². The summed E-state index contributed by atoms with van der Waals surface area (Å²) in [4.78, 5) is 0. The van der Waals surface area contributed by atoms with Crippen molar-refractivity contribution in [1.82, 2.24) is 0 Å². The van der Waals surface area contributed by atoms with E-state index < -0.39 is 24.5 Å². The van der Waals surface area contributed by atoms with Crippen molar-refractivity contribution in [2.45, 2.75) is 284 Å². The summed E-state index contributed by atoms with van der Waals surface area (Å²) in [6, 6.07) is 20.1. The van der Waals surface area contributed by atoms with Gasteiger partial charge in [0.1, 0.15) is 0 Å². The number of benzene rings is 2. The first kappa shape index (κ1) is 65.2. The van der Waals surface area contributed by atoms with E-state index in [1.165, 1.54) is 128 Å². The van der Waals surface area contributed by atoms with Crippen LogP contribution < -0.4 is 0 Å². The fraction of sp³-hybridized carbons (Fsp3) is 0.806. The lowest BCUT2D eigenvalue weighted by molar-refractivity contribution is -0.435. The molecule has 2 unspecified atom stereocenters. The Morgan fingerprint density at radius 1 is 0.310 bits per heavy atom. The van der Waals surface area contributed by atoms with Crippen LogP contribution in [0.25, 0.3) is 0 Å². The summed E-state index contributed by atoms with van der Waals surface area (Å²) >= 11 is 0. The number of ether oxygens (including phenoxy) is 9. The third-order valence-electron chi connectivity index (χ3n) is 13.3. The van der Waals surface area contributed by atoms with Gasteiger partial charge in [-0.25, -0.2) is 0 Å². The van der Waals surface area contributed by atoms with Crippen LogP contribution >= 0.6 is 0 Å². The predicted octanol–water partition coefficient (Wildman–Crippen LogP) is 19.1. The van der Waals surface area contributed by atoms with Crippen LogP contribution in [0.2, 0.25) is 0 Å². The van der Waals surface area contributed by atoms with Crippen LogP contribution in [0.4, 0.5) is 0 Å². The third-order valence-corrected chi connectivity index (χ3v) is 13.3. The summed E-state index contributed by atoms with van der Waals surface area (Å²) in [5.41, 5.74) is 1.72. The Morgan fingerprint density at radius 2 is 0.563 bits per heavy atom. The smallest absolute Gasteiger partial charge is 0.285 e. The van der Waals surface area contributed by atoms with Crippen LogP contribution in [0.5, 0.6) is 0 Å². The normalized spacial score (nSPS) is 13.0. The van der Waals surface area contributed by atoms with Gasteiger partial charge in [0.2, 0.25) is 0 Å². The van der Waals surface area contributed by atoms with Crippen LogP contribution in [-0.4, -0.2) is 52.0 Å². The molecule has 0 aliphatic rings. The molecule has 2 aromatic rings. The van der Waals surface area contributed by atoms with E-state index in [2.05, 4.69) is 41.5 Å². The van der Waals surface area contributed by atoms with Crippen LogP contribution in [-0.2, 0) is 42.6 Å². The number of hydrogen-bond donors (Lipinski definition) is 0. The minimum Gasteiger partial charge on any atom is -0.329 e. The van der Waals surface area contributed by atoms with E-state index in [9.17, 15) is 0 Å². The second-order valence-electron chi connectivity index (χ2n) is 19.9. The Balaban J connectivity index is 2.27. The van der Waals surface area contributed by atoms with Gasteiger partial charge in [0.25, 0.3) is 11.9 Å². The van der Waals surface area contributed by atoms with E-state index in [-0.39, 0.29) is 13.6 Å². The van der Waals surface area contributed by atoms with E-state index in [4.69, 9.17) is 42.6 Å². The van der Waals surface area contributed by atoms with Crippen molar-refractivity contribution < 1.29 is 42.6 Å². The molecule has 0 fully saturated rings. The summed E-state index contributed by atoms with van der Waals surface area (Å²) < 4.78 is 60.1. The fourth-order valence-electron chi connectivity index (χ4n) is 8.76. The number of rotatable bonds is 54. The lowest BCUT2D eigenvalue weighted by Gasteiger charge is -2.37. The minimum atomic E-state index is -1.25. The maximum absolute atomic E-state index is 6.96. The Morgan fingerprint density at radius 3 is 0.831 bits per heavy atom. The van der Waals surface area contributed by atoms with E-state index in [1.54, 1.807) is 0 Å². The molecule has 0 radical (unpaired) electrons. The maximum atomic E-state index is 6.96. The Bertz CT molecular complexity index is 1240. The summed E-state index contributed by atoms with van der Waals surface area (Å²) in [6.07, 6.45) is 37.1. The molecule has 2 atom stereocenters. The highest BCUT2D eigenvalue weighted by atomic mass is 16.9. The van der Waals surface area contributed by atoms with E-state index in [1.807, 2.05) is 60.7 Å². The average Bonchev–Trinajstić information content (AvgIpc) is 3.40. The molecule has 0 amide bonds. The van der Waals surface area contributed by atoms with Crippen molar-refractivity contribution in [1.29, 1.82) is 0 Å². The van der Waals surface area contributed by atoms with Gasteiger partial charge in [-0.15, -0.1) is 0 Å². The van der Waals surface area contributed by atoms with Crippen LogP contribution in [0, 0.1) is 0 Å². The van der Waals surface area contributed by atoms with Crippen molar-refractivity contribution in [3.8, 4) is 0 Å². The molecule has 412 valence electrons. The van der Waals surface area contributed by atoms with Crippen molar-refractivity contribution in [2.24, 2.45) is 0 Å². The van der Waals surface area contributed by atoms with Gasteiger partial charge in [-0.2, -0.15) is 0 Å². The Labute approximate surface area is 437 Å². The highest BCUT2D eigenvalue weighted by Crippen LogP contribution is 2.35. The molecule has 0 spiro atoms. The Kier molecular flexibility index (Phi) is 42.8. The maximum Gasteiger partial charge on any atom is 0.285 e. The first-order valence-corrected chi connectivity index (χ1v) is 29.8. The lowest BCUT2D eigenvalue weighted by atomic mass is 10.1. The SMILES string of the molecule is CCCCCCCCCOC(CCCC)(OCCCCCCCCC)OC(OCOCOC(OC(CCCC)(OCCCCCCCCC)OCCCCCCCCC)c1ccccc1)c1ccccc1. The van der Waals surface area contributed by atoms with Gasteiger partial charge in [0, 0.05) is 24.0 Å². The summed E-state index contributed by atoms with van der Waals surface area (Å²) in [5.74, 6) is -2.51. The molecule has 0 N–H and O–H groups in total. The molecule has 0 aromatic heterocycles. The van der Waals surface area contributed by atoms with Gasteiger partial charge in [-0.1, -0.05) is 269 Å². The second kappa shape index (κ2) is 46.6.